The highest BCUT2D eigenvalue weighted by atomic mass is 35.5. The summed E-state index contributed by atoms with van der Waals surface area (Å²) >= 11 is 13.2. The van der Waals surface area contributed by atoms with Gasteiger partial charge in [0.05, 0.1) is 29.0 Å². The maximum atomic E-state index is 13.8. The summed E-state index contributed by atoms with van der Waals surface area (Å²) in [5, 5.41) is 19.0. The summed E-state index contributed by atoms with van der Waals surface area (Å²) in [5.74, 6) is -2.87. The van der Waals surface area contributed by atoms with Crippen LogP contribution in [0.15, 0.2) is 54.6 Å². The van der Waals surface area contributed by atoms with Gasteiger partial charge in [0.2, 0.25) is 11.8 Å². The van der Waals surface area contributed by atoms with Gasteiger partial charge in [-0.25, -0.2) is 4.79 Å². The van der Waals surface area contributed by atoms with Crippen molar-refractivity contribution in [3.05, 3.63) is 76.3 Å². The van der Waals surface area contributed by atoms with E-state index in [2.05, 4.69) is 16.0 Å². The molecule has 0 spiro atoms. The highest BCUT2D eigenvalue weighted by Gasteiger charge is 2.38. The van der Waals surface area contributed by atoms with Crippen molar-refractivity contribution in [1.29, 1.82) is 0 Å². The van der Waals surface area contributed by atoms with Gasteiger partial charge in [0.1, 0.15) is 50.6 Å². The van der Waals surface area contributed by atoms with E-state index in [9.17, 15) is 24.3 Å². The average molecular weight is 877 g/mol. The first kappa shape index (κ1) is 50.0. The van der Waals surface area contributed by atoms with E-state index in [4.69, 9.17) is 37.4 Å². The normalized spacial score (nSPS) is 23.3. The Balaban J connectivity index is 0.00000561. The second kappa shape index (κ2) is 23.5. The van der Waals surface area contributed by atoms with E-state index in [1.54, 1.807) is 39.0 Å². The highest BCUT2D eigenvalue weighted by molar-refractivity contribution is 6.32. The first-order chi connectivity index (χ1) is 26.1. The summed E-state index contributed by atoms with van der Waals surface area (Å²) in [5.41, 5.74) is 1.32. The van der Waals surface area contributed by atoms with E-state index >= 15 is 0 Å². The van der Waals surface area contributed by atoms with Crippen LogP contribution in [0.4, 0.5) is 0 Å². The number of nitrogens with two attached hydrogens (primary N) is 1. The van der Waals surface area contributed by atoms with Crippen molar-refractivity contribution in [3.8, 4) is 5.75 Å². The van der Waals surface area contributed by atoms with Crippen LogP contribution in [-0.2, 0) is 41.6 Å². The molecule has 2 aromatic carbocycles. The summed E-state index contributed by atoms with van der Waals surface area (Å²) < 4.78 is 17.1. The lowest BCUT2D eigenvalue weighted by atomic mass is 9.90. The summed E-state index contributed by atoms with van der Waals surface area (Å²) in [7, 11) is 1.50. The van der Waals surface area contributed by atoms with Crippen molar-refractivity contribution in [2.75, 3.05) is 39.8 Å². The number of carbonyl (C=O) groups is 4. The summed E-state index contributed by atoms with van der Waals surface area (Å²) in [6.45, 7) is 13.9. The second-order valence-corrected chi connectivity index (χ2v) is 16.6. The minimum Gasteiger partial charge on any atom is -1.00 e. The Morgan fingerprint density at radius 3 is 2.26 bits per heavy atom. The number of halogens is 4. The van der Waals surface area contributed by atoms with Gasteiger partial charge < -0.3 is 65.0 Å². The number of methoxy groups -OCH3 is 1. The number of hydrogen-bond donors (Lipinski definition) is 5. The number of hydrogen-bond acceptors (Lipinski definition) is 8. The third-order valence-electron chi connectivity index (χ3n) is 10.2. The van der Waals surface area contributed by atoms with Crippen LogP contribution in [0, 0.1) is 17.3 Å². The predicted octanol–water partition coefficient (Wildman–Crippen LogP) is -3.71. The van der Waals surface area contributed by atoms with Gasteiger partial charge in [-0.3, -0.25) is 14.4 Å². The van der Waals surface area contributed by atoms with Crippen LogP contribution in [0.1, 0.15) is 69.5 Å². The van der Waals surface area contributed by atoms with Crippen LogP contribution in [-0.4, -0.2) is 93.0 Å². The number of benzene rings is 2. The Bertz CT molecular complexity index is 1660. The molecule has 6 atom stereocenters. The Morgan fingerprint density at radius 2 is 1.65 bits per heavy atom. The molecule has 0 unspecified atom stereocenters. The summed E-state index contributed by atoms with van der Waals surface area (Å²) in [4.78, 5) is 55.7. The van der Waals surface area contributed by atoms with Gasteiger partial charge >= 0.3 is 11.9 Å². The molecular weight excluding hydrogens is 818 g/mol. The molecule has 318 valence electrons. The number of quaternary nitrogens is 2. The first-order valence-electron chi connectivity index (χ1n) is 19.1. The molecule has 4 rings (SSSR count). The van der Waals surface area contributed by atoms with Crippen molar-refractivity contribution >= 4 is 47.0 Å². The number of aliphatic hydroxyl groups is 1. The van der Waals surface area contributed by atoms with Crippen molar-refractivity contribution in [2.45, 2.75) is 90.2 Å². The molecule has 2 aliphatic rings. The number of aliphatic hydroxyl groups excluding tert-OH is 1. The van der Waals surface area contributed by atoms with Crippen molar-refractivity contribution in [1.82, 2.24) is 10.6 Å². The Hall–Kier alpha value is -3.10. The van der Waals surface area contributed by atoms with Crippen molar-refractivity contribution in [2.24, 2.45) is 17.3 Å². The molecule has 57 heavy (non-hydrogen) atoms. The number of nitrogens with one attached hydrogen (secondary N) is 3. The molecule has 6 N–H and O–H groups in total. The Morgan fingerprint density at radius 1 is 1.00 bits per heavy atom. The smallest absolute Gasteiger partial charge is 0.347 e. The van der Waals surface area contributed by atoms with E-state index in [1.165, 1.54) is 29.7 Å². The molecule has 1 saturated heterocycles. The minimum atomic E-state index is -1.25. The largest absolute Gasteiger partial charge is 1.00 e. The molecule has 0 aromatic heterocycles. The summed E-state index contributed by atoms with van der Waals surface area (Å²) in [6, 6.07) is 11.9. The van der Waals surface area contributed by atoms with Gasteiger partial charge in [-0.1, -0.05) is 68.8 Å². The van der Waals surface area contributed by atoms with Crippen LogP contribution in [0.25, 0.3) is 0 Å². The van der Waals surface area contributed by atoms with Gasteiger partial charge in [0, 0.05) is 30.9 Å². The van der Waals surface area contributed by atoms with Gasteiger partial charge in [-0.2, -0.15) is 0 Å². The molecule has 12 nitrogen and oxygen atoms in total. The van der Waals surface area contributed by atoms with Gasteiger partial charge in [0.15, 0.2) is 6.10 Å². The number of esters is 2. The Kier molecular flexibility index (Phi) is 20.6. The third kappa shape index (κ3) is 14.9. The number of piperazine rings is 1. The molecule has 2 heterocycles. The fourth-order valence-corrected chi connectivity index (χ4v) is 7.32. The average Bonchev–Trinajstić information content (AvgIpc) is 3.15. The van der Waals surface area contributed by atoms with E-state index in [0.29, 0.717) is 16.3 Å². The molecule has 0 bridgehead atoms. The first-order valence-corrected chi connectivity index (χ1v) is 19.9. The fraction of sp³-hybridized carbons (Fsp3) is 0.561. The molecule has 0 saturated carbocycles. The van der Waals surface area contributed by atoms with Crippen LogP contribution >= 0.6 is 23.2 Å². The Labute approximate surface area is 358 Å². The molecular formula is C41H58Cl4N4O8. The van der Waals surface area contributed by atoms with Gasteiger partial charge in [0.25, 0.3) is 0 Å². The number of carbonyl (C=O) groups excluding carboxylic acids is 4. The van der Waals surface area contributed by atoms with Gasteiger partial charge in [-0.05, 0) is 55.5 Å². The van der Waals surface area contributed by atoms with Crippen LogP contribution < -0.4 is 50.4 Å². The van der Waals surface area contributed by atoms with Crippen molar-refractivity contribution in [3.63, 3.8) is 0 Å². The maximum Gasteiger partial charge on any atom is 0.347 e. The number of amides is 2. The quantitative estimate of drug-likeness (QED) is 0.114. The van der Waals surface area contributed by atoms with E-state index < -0.39 is 64.8 Å². The van der Waals surface area contributed by atoms with Crippen LogP contribution in [0.2, 0.25) is 5.02 Å². The third-order valence-corrected chi connectivity index (χ3v) is 11.0. The zero-order valence-electron chi connectivity index (χ0n) is 33.5. The highest BCUT2D eigenvalue weighted by Crippen LogP contribution is 2.33. The number of rotatable bonds is 11. The molecule has 2 aliphatic heterocycles. The molecule has 0 aliphatic carbocycles. The van der Waals surface area contributed by atoms with E-state index in [-0.39, 0.29) is 56.5 Å². The molecule has 0 radical (unpaired) electrons. The fourth-order valence-electron chi connectivity index (χ4n) is 6.67. The van der Waals surface area contributed by atoms with E-state index in [1.807, 2.05) is 38.1 Å². The number of alkyl halides is 1. The predicted molar refractivity (Wildman–Crippen MR) is 210 cm³/mol. The van der Waals surface area contributed by atoms with Gasteiger partial charge in [-0.15, -0.1) is 11.6 Å². The maximum absolute atomic E-state index is 13.8. The monoisotopic (exact) mass is 874 g/mol. The lowest BCUT2D eigenvalue weighted by Crippen LogP contribution is -3.19. The van der Waals surface area contributed by atoms with Crippen molar-refractivity contribution < 1.29 is 73.5 Å². The molecule has 1 fully saturated rings. The minimum absolute atomic E-state index is 0. The lowest BCUT2D eigenvalue weighted by molar-refractivity contribution is -0.958. The topological polar surface area (TPSA) is 161 Å². The summed E-state index contributed by atoms with van der Waals surface area (Å²) in [6.07, 6.45) is -0.276. The van der Waals surface area contributed by atoms with Crippen LogP contribution in [0.3, 0.4) is 0 Å². The SMILES string of the molecule is COc1ccc(C[C@H]2NC(=O)/C=C/C[C@@H]([C@H](C)[C@@H](O)[C@@H](Cl)c3ccc(C[NH+]4CC[NH2+]CC4)cc3)OC(=O)[C@H](CC(C)C)OC(=O)C(C)(C)CNC2=O)cc1Cl.[Cl-].[Cl-]. The standard InChI is InChI=1S/C41H56Cl2N4O8.2ClH/c1-25(2)20-34-39(51)54-32(26(3)37(49)36(43)29-13-10-27(11-14-29)23-47-18-16-44-17-19-47)8-7-9-35(48)46-31(22-28-12-15-33(53-6)30(42)21-28)38(50)45-24-41(4,5)40(52)55-34;;/h7,9-15,21,25-26,31-32,34,36-37,44,49H,8,16-20,22-24H2,1-6H3,(H,45,50)(H,46,48);2*1H/b9-7+;;/t26-,31+,32-,34-,36-,37+;;/m0../s1. The number of cyclic esters (lactones) is 2. The lowest BCUT2D eigenvalue weighted by Gasteiger charge is -2.32. The molecule has 2 aromatic rings. The second-order valence-electron chi connectivity index (χ2n) is 15.8. The molecule has 16 heteroatoms. The zero-order valence-corrected chi connectivity index (χ0v) is 36.5. The van der Waals surface area contributed by atoms with E-state index in [0.717, 1.165) is 38.3 Å². The zero-order chi connectivity index (χ0) is 40.3. The number of ether oxygens (including phenoxy) is 3. The molecule has 2 amide bonds. The van der Waals surface area contributed by atoms with Crippen LogP contribution in [0.5, 0.6) is 5.75 Å².